The Balaban J connectivity index is 1.56. The first-order valence-electron chi connectivity index (χ1n) is 7.98. The molecule has 0 aliphatic heterocycles. The lowest BCUT2D eigenvalue weighted by Gasteiger charge is -2.09. The Morgan fingerprint density at radius 3 is 2.71 bits per heavy atom. The van der Waals surface area contributed by atoms with Crippen molar-refractivity contribution < 1.29 is 8.91 Å². The molecular formula is C18H17FN4O. The van der Waals surface area contributed by atoms with Crippen molar-refractivity contribution in [2.75, 3.05) is 5.32 Å². The van der Waals surface area contributed by atoms with Crippen LogP contribution in [0.3, 0.4) is 0 Å². The molecule has 24 heavy (non-hydrogen) atoms. The summed E-state index contributed by atoms with van der Waals surface area (Å²) in [4.78, 5) is 9.05. The number of rotatable bonds is 5. The van der Waals surface area contributed by atoms with Crippen LogP contribution in [0.15, 0.2) is 41.1 Å². The Morgan fingerprint density at radius 2 is 2.04 bits per heavy atom. The Labute approximate surface area is 138 Å². The van der Waals surface area contributed by atoms with Gasteiger partial charge in [0.1, 0.15) is 5.82 Å². The van der Waals surface area contributed by atoms with E-state index < -0.39 is 0 Å². The van der Waals surface area contributed by atoms with Gasteiger partial charge in [-0.25, -0.2) is 14.4 Å². The largest absolute Gasteiger partial charge is 0.356 e. The summed E-state index contributed by atoms with van der Waals surface area (Å²) in [7, 11) is 0. The van der Waals surface area contributed by atoms with E-state index in [2.05, 4.69) is 20.4 Å². The summed E-state index contributed by atoms with van der Waals surface area (Å²) in [5, 5.41) is 7.14. The molecule has 1 saturated carbocycles. The van der Waals surface area contributed by atoms with Crippen LogP contribution < -0.4 is 5.32 Å². The predicted octanol–water partition coefficient (Wildman–Crippen LogP) is 4.07. The molecule has 1 aliphatic carbocycles. The van der Waals surface area contributed by atoms with Gasteiger partial charge in [-0.15, -0.1) is 0 Å². The van der Waals surface area contributed by atoms with Gasteiger partial charge in [-0.05, 0) is 37.5 Å². The molecule has 122 valence electrons. The van der Waals surface area contributed by atoms with E-state index in [4.69, 9.17) is 4.52 Å². The molecule has 6 heteroatoms. The van der Waals surface area contributed by atoms with Crippen LogP contribution >= 0.6 is 0 Å². The average molecular weight is 324 g/mol. The molecule has 0 atom stereocenters. The molecule has 2 aromatic heterocycles. The van der Waals surface area contributed by atoms with Crippen molar-refractivity contribution in [1.82, 2.24) is 15.1 Å². The number of hydrogen-bond donors (Lipinski definition) is 1. The molecule has 0 radical (unpaired) electrons. The van der Waals surface area contributed by atoms with Crippen molar-refractivity contribution in [3.63, 3.8) is 0 Å². The first-order chi connectivity index (χ1) is 11.7. The van der Waals surface area contributed by atoms with Crippen LogP contribution in [0.1, 0.15) is 35.7 Å². The molecule has 2 heterocycles. The topological polar surface area (TPSA) is 63.8 Å². The third kappa shape index (κ3) is 3.13. The highest BCUT2D eigenvalue weighted by Gasteiger charge is 2.29. The molecule has 1 aromatic carbocycles. The number of aryl methyl sites for hydroxylation is 1. The van der Waals surface area contributed by atoms with Crippen LogP contribution in [0.2, 0.25) is 0 Å². The molecule has 1 aliphatic rings. The van der Waals surface area contributed by atoms with Crippen molar-refractivity contribution in [2.45, 2.75) is 32.2 Å². The normalized spacial score (nSPS) is 13.9. The summed E-state index contributed by atoms with van der Waals surface area (Å²) in [6.07, 6.45) is 4.05. The van der Waals surface area contributed by atoms with E-state index in [0.29, 0.717) is 24.2 Å². The SMILES string of the molecule is Cc1cc(-c2cnc(NCc3ccc(F)cc3)nc2C2CC2)on1. The summed E-state index contributed by atoms with van der Waals surface area (Å²) in [5.74, 6) is 1.50. The van der Waals surface area contributed by atoms with Gasteiger partial charge < -0.3 is 9.84 Å². The standard InChI is InChI=1S/C18H17FN4O/c1-11-8-16(24-23-11)15-10-21-18(22-17(15)13-4-5-13)20-9-12-2-6-14(19)7-3-12/h2-3,6-8,10,13H,4-5,9H2,1H3,(H,20,21,22). The summed E-state index contributed by atoms with van der Waals surface area (Å²) < 4.78 is 18.3. The van der Waals surface area contributed by atoms with Gasteiger partial charge in [0.2, 0.25) is 5.95 Å². The fourth-order valence-electron chi connectivity index (χ4n) is 2.61. The maximum absolute atomic E-state index is 12.9. The van der Waals surface area contributed by atoms with Gasteiger partial charge in [0, 0.05) is 24.7 Å². The monoisotopic (exact) mass is 324 g/mol. The highest BCUT2D eigenvalue weighted by Crippen LogP contribution is 2.43. The molecule has 0 amide bonds. The van der Waals surface area contributed by atoms with E-state index in [9.17, 15) is 4.39 Å². The van der Waals surface area contributed by atoms with Crippen LogP contribution in [-0.4, -0.2) is 15.1 Å². The zero-order valence-electron chi connectivity index (χ0n) is 13.3. The van der Waals surface area contributed by atoms with E-state index in [0.717, 1.165) is 35.4 Å². The second-order valence-electron chi connectivity index (χ2n) is 6.08. The molecule has 0 unspecified atom stereocenters. The second-order valence-corrected chi connectivity index (χ2v) is 6.08. The Morgan fingerprint density at radius 1 is 1.25 bits per heavy atom. The van der Waals surface area contributed by atoms with Crippen LogP contribution in [0.5, 0.6) is 0 Å². The highest BCUT2D eigenvalue weighted by molar-refractivity contribution is 5.62. The zero-order valence-corrected chi connectivity index (χ0v) is 13.3. The van der Waals surface area contributed by atoms with Crippen LogP contribution in [0.25, 0.3) is 11.3 Å². The van der Waals surface area contributed by atoms with Gasteiger partial charge in [-0.2, -0.15) is 0 Å². The minimum absolute atomic E-state index is 0.238. The van der Waals surface area contributed by atoms with Gasteiger partial charge >= 0.3 is 0 Å². The number of benzene rings is 1. The zero-order chi connectivity index (χ0) is 16.5. The van der Waals surface area contributed by atoms with Crippen molar-refractivity contribution in [3.8, 4) is 11.3 Å². The summed E-state index contributed by atoms with van der Waals surface area (Å²) in [5.41, 5.74) is 3.72. The molecule has 0 bridgehead atoms. The van der Waals surface area contributed by atoms with Crippen molar-refractivity contribution in [1.29, 1.82) is 0 Å². The minimum atomic E-state index is -0.238. The summed E-state index contributed by atoms with van der Waals surface area (Å²) in [6.45, 7) is 2.44. The number of aromatic nitrogens is 3. The van der Waals surface area contributed by atoms with Crippen molar-refractivity contribution in [3.05, 3.63) is 59.3 Å². The van der Waals surface area contributed by atoms with Crippen molar-refractivity contribution >= 4 is 5.95 Å². The van der Waals surface area contributed by atoms with E-state index >= 15 is 0 Å². The number of anilines is 1. The molecule has 0 spiro atoms. The van der Waals surface area contributed by atoms with Gasteiger partial charge in [0.25, 0.3) is 0 Å². The smallest absolute Gasteiger partial charge is 0.223 e. The average Bonchev–Trinajstić information content (AvgIpc) is 3.35. The number of nitrogens with one attached hydrogen (secondary N) is 1. The Hall–Kier alpha value is -2.76. The van der Waals surface area contributed by atoms with E-state index in [1.807, 2.05) is 13.0 Å². The predicted molar refractivity (Wildman–Crippen MR) is 88.0 cm³/mol. The molecule has 5 nitrogen and oxygen atoms in total. The summed E-state index contributed by atoms with van der Waals surface area (Å²) >= 11 is 0. The number of nitrogens with zero attached hydrogens (tertiary/aromatic N) is 3. The van der Waals surface area contributed by atoms with Gasteiger partial charge in [-0.3, -0.25) is 0 Å². The number of hydrogen-bond acceptors (Lipinski definition) is 5. The van der Waals surface area contributed by atoms with E-state index in [1.54, 1.807) is 18.3 Å². The first-order valence-corrected chi connectivity index (χ1v) is 7.98. The molecule has 1 fully saturated rings. The lowest BCUT2D eigenvalue weighted by molar-refractivity contribution is 0.426. The molecule has 4 rings (SSSR count). The highest BCUT2D eigenvalue weighted by atomic mass is 19.1. The second kappa shape index (κ2) is 6.03. The van der Waals surface area contributed by atoms with Crippen LogP contribution in [-0.2, 0) is 6.54 Å². The molecule has 0 saturated heterocycles. The third-order valence-electron chi connectivity index (χ3n) is 4.04. The van der Waals surface area contributed by atoms with Gasteiger partial charge in [-0.1, -0.05) is 17.3 Å². The fraction of sp³-hybridized carbons (Fsp3) is 0.278. The Kier molecular flexibility index (Phi) is 3.72. The maximum Gasteiger partial charge on any atom is 0.223 e. The van der Waals surface area contributed by atoms with E-state index in [-0.39, 0.29) is 5.82 Å². The maximum atomic E-state index is 12.9. The molecule has 3 aromatic rings. The van der Waals surface area contributed by atoms with Crippen LogP contribution in [0, 0.1) is 12.7 Å². The molecular weight excluding hydrogens is 307 g/mol. The fourth-order valence-corrected chi connectivity index (χ4v) is 2.61. The quantitative estimate of drug-likeness (QED) is 0.766. The lowest BCUT2D eigenvalue weighted by atomic mass is 10.1. The van der Waals surface area contributed by atoms with Crippen LogP contribution in [0.4, 0.5) is 10.3 Å². The van der Waals surface area contributed by atoms with E-state index in [1.165, 1.54) is 12.1 Å². The third-order valence-corrected chi connectivity index (χ3v) is 4.04. The van der Waals surface area contributed by atoms with Gasteiger partial charge in [0.15, 0.2) is 5.76 Å². The van der Waals surface area contributed by atoms with Crippen molar-refractivity contribution in [2.24, 2.45) is 0 Å². The molecule has 1 N–H and O–H groups in total. The summed E-state index contributed by atoms with van der Waals surface area (Å²) in [6, 6.07) is 8.29. The van der Waals surface area contributed by atoms with Gasteiger partial charge in [0.05, 0.1) is 17.0 Å². The number of halogens is 1. The lowest BCUT2D eigenvalue weighted by Crippen LogP contribution is -2.06. The first kappa shape index (κ1) is 14.8. The Bertz CT molecular complexity index is 856. The minimum Gasteiger partial charge on any atom is -0.356 e.